The third-order valence-corrected chi connectivity index (χ3v) is 2.54. The monoisotopic (exact) mass is 246 g/mol. The second kappa shape index (κ2) is 4.00. The summed E-state index contributed by atoms with van der Waals surface area (Å²) in [5.74, 6) is 0. The minimum Gasteiger partial charge on any atom is -0.391 e. The van der Waals surface area contributed by atoms with E-state index in [2.05, 4.69) is 9.59 Å². The smallest absolute Gasteiger partial charge is 0.106 e. The van der Waals surface area contributed by atoms with Gasteiger partial charge in [-0.1, -0.05) is 4.49 Å². The predicted octanol–water partition coefficient (Wildman–Crippen LogP) is 1.85. The Morgan fingerprint density at radius 2 is 2.17 bits per heavy atom. The number of nitrogens with two attached hydrogens (primary N) is 1. The Bertz CT molecular complexity index is 343. The fourth-order valence-electron chi connectivity index (χ4n) is 0.778. The zero-order valence-corrected chi connectivity index (χ0v) is 8.40. The number of hydrogen-bond donors (Lipinski definition) is 1. The van der Waals surface area contributed by atoms with Crippen LogP contribution in [-0.4, -0.2) is 9.59 Å². The second-order valence-electron chi connectivity index (χ2n) is 2.03. The number of thiophene rings is 1. The van der Waals surface area contributed by atoms with E-state index in [0.717, 1.165) is 16.3 Å². The molecule has 2 aromatic heterocycles. The molecule has 0 saturated carbocycles. The van der Waals surface area contributed by atoms with Gasteiger partial charge in [0, 0.05) is 33.4 Å². The summed E-state index contributed by atoms with van der Waals surface area (Å²) in [4.78, 5) is 0. The molecule has 2 heterocycles. The summed E-state index contributed by atoms with van der Waals surface area (Å²) in [7, 11) is 0. The molecule has 0 aliphatic heterocycles. The number of rotatable bonds is 1. The first-order valence-corrected chi connectivity index (χ1v) is 4.69. The van der Waals surface area contributed by atoms with Gasteiger partial charge in [-0.3, -0.25) is 0 Å². The van der Waals surface area contributed by atoms with Crippen LogP contribution < -0.4 is 5.73 Å². The van der Waals surface area contributed by atoms with Crippen molar-refractivity contribution in [2.75, 3.05) is 5.73 Å². The maximum Gasteiger partial charge on any atom is 0.106 e. The van der Waals surface area contributed by atoms with Gasteiger partial charge >= 0.3 is 0 Å². The Morgan fingerprint density at radius 1 is 1.33 bits per heavy atom. The first-order chi connectivity index (χ1) is 5.36. The number of nitrogens with zero attached hydrogens (tertiary/aromatic N) is 2. The van der Waals surface area contributed by atoms with Crippen LogP contribution in [0.1, 0.15) is 0 Å². The molecule has 2 N–H and O–H groups in total. The zero-order valence-electron chi connectivity index (χ0n) is 5.82. The van der Waals surface area contributed by atoms with Crippen LogP contribution in [0.3, 0.4) is 0 Å². The van der Waals surface area contributed by atoms with E-state index in [1.807, 2.05) is 16.8 Å². The number of aromatic nitrogens is 2. The van der Waals surface area contributed by atoms with Gasteiger partial charge < -0.3 is 5.73 Å². The quantitative estimate of drug-likeness (QED) is 0.782. The van der Waals surface area contributed by atoms with E-state index < -0.39 is 0 Å². The van der Waals surface area contributed by atoms with Crippen LogP contribution in [0, 0.1) is 0 Å². The molecule has 0 fully saturated rings. The van der Waals surface area contributed by atoms with E-state index >= 15 is 0 Å². The summed E-state index contributed by atoms with van der Waals surface area (Å²) in [5.41, 5.74) is 7.52. The Balaban J connectivity index is 0.000000720. The van der Waals surface area contributed by atoms with E-state index in [1.54, 1.807) is 0 Å². The summed E-state index contributed by atoms with van der Waals surface area (Å²) in [6.45, 7) is 0. The molecular weight excluding hydrogens is 242 g/mol. The van der Waals surface area contributed by atoms with Gasteiger partial charge in [0.05, 0.1) is 5.00 Å². The SMILES string of the molecule is Nc1cc(-c2csnn2)cs1.[Cu]. The summed E-state index contributed by atoms with van der Waals surface area (Å²) < 4.78 is 3.76. The zero-order chi connectivity index (χ0) is 7.68. The number of hydrogen-bond acceptors (Lipinski definition) is 5. The Kier molecular flexibility index (Phi) is 3.22. The normalized spacial score (nSPS) is 9.33. The summed E-state index contributed by atoms with van der Waals surface area (Å²) in [6, 6.07) is 1.90. The number of anilines is 1. The van der Waals surface area contributed by atoms with Crippen LogP contribution in [0.2, 0.25) is 0 Å². The molecule has 0 aromatic carbocycles. The van der Waals surface area contributed by atoms with Crippen LogP contribution in [-0.2, 0) is 17.1 Å². The van der Waals surface area contributed by atoms with Crippen molar-refractivity contribution in [2.24, 2.45) is 0 Å². The van der Waals surface area contributed by atoms with Crippen molar-refractivity contribution in [1.82, 2.24) is 9.59 Å². The Hall–Kier alpha value is -0.421. The van der Waals surface area contributed by atoms with E-state index in [4.69, 9.17) is 5.73 Å². The van der Waals surface area contributed by atoms with Gasteiger partial charge in [-0.2, -0.15) is 0 Å². The van der Waals surface area contributed by atoms with Gasteiger partial charge in [-0.25, -0.2) is 0 Å². The topological polar surface area (TPSA) is 51.8 Å². The van der Waals surface area contributed by atoms with Crippen LogP contribution >= 0.6 is 22.9 Å². The van der Waals surface area contributed by atoms with Crippen molar-refractivity contribution in [3.8, 4) is 11.3 Å². The van der Waals surface area contributed by atoms with Gasteiger partial charge in [0.1, 0.15) is 5.69 Å². The fourth-order valence-corrected chi connectivity index (χ4v) is 1.89. The molecule has 0 amide bonds. The molecule has 0 spiro atoms. The van der Waals surface area contributed by atoms with E-state index in [-0.39, 0.29) is 17.1 Å². The standard InChI is InChI=1S/C6H5N3S2.Cu/c7-6-1-4(2-10-6)5-3-11-9-8-5;/h1-3H,7H2;. The third-order valence-electron chi connectivity index (χ3n) is 1.28. The Labute approximate surface area is 88.3 Å². The molecule has 0 bridgehead atoms. The molecule has 3 nitrogen and oxygen atoms in total. The molecule has 2 rings (SSSR count). The summed E-state index contributed by atoms with van der Waals surface area (Å²) >= 11 is 2.86. The second-order valence-corrected chi connectivity index (χ2v) is 3.58. The molecule has 0 unspecified atom stereocenters. The third kappa shape index (κ3) is 1.84. The van der Waals surface area contributed by atoms with Crippen molar-refractivity contribution in [1.29, 1.82) is 0 Å². The van der Waals surface area contributed by atoms with Gasteiger partial charge in [0.25, 0.3) is 0 Å². The molecule has 0 saturated heterocycles. The van der Waals surface area contributed by atoms with Crippen molar-refractivity contribution < 1.29 is 17.1 Å². The predicted molar refractivity (Wildman–Crippen MR) is 47.6 cm³/mol. The van der Waals surface area contributed by atoms with Crippen molar-refractivity contribution in [3.05, 3.63) is 16.8 Å². The maximum absolute atomic E-state index is 5.56. The van der Waals surface area contributed by atoms with Crippen molar-refractivity contribution in [2.45, 2.75) is 0 Å². The van der Waals surface area contributed by atoms with Gasteiger partial charge in [-0.15, -0.1) is 16.4 Å². The van der Waals surface area contributed by atoms with E-state index in [1.165, 1.54) is 22.9 Å². The van der Waals surface area contributed by atoms with Gasteiger partial charge in [0.2, 0.25) is 0 Å². The van der Waals surface area contributed by atoms with Gasteiger partial charge in [-0.05, 0) is 17.6 Å². The van der Waals surface area contributed by atoms with Crippen LogP contribution in [0.15, 0.2) is 16.8 Å². The van der Waals surface area contributed by atoms with Crippen molar-refractivity contribution >= 4 is 27.9 Å². The molecule has 1 radical (unpaired) electrons. The molecule has 0 atom stereocenters. The average molecular weight is 247 g/mol. The Morgan fingerprint density at radius 3 is 2.67 bits per heavy atom. The molecule has 2 aromatic rings. The summed E-state index contributed by atoms with van der Waals surface area (Å²) in [6.07, 6.45) is 0. The van der Waals surface area contributed by atoms with Gasteiger partial charge in [0.15, 0.2) is 0 Å². The molecule has 0 aliphatic rings. The minimum atomic E-state index is 0. The van der Waals surface area contributed by atoms with E-state index in [9.17, 15) is 0 Å². The molecule has 12 heavy (non-hydrogen) atoms. The number of nitrogen functional groups attached to an aromatic ring is 1. The summed E-state index contributed by atoms with van der Waals surface area (Å²) in [5, 5.41) is 8.61. The minimum absolute atomic E-state index is 0. The van der Waals surface area contributed by atoms with Crippen LogP contribution in [0.4, 0.5) is 5.00 Å². The largest absolute Gasteiger partial charge is 0.391 e. The average Bonchev–Trinajstić information content (AvgIpc) is 2.55. The molecule has 6 heteroatoms. The van der Waals surface area contributed by atoms with Crippen molar-refractivity contribution in [3.63, 3.8) is 0 Å². The van der Waals surface area contributed by atoms with Crippen LogP contribution in [0.5, 0.6) is 0 Å². The first-order valence-electron chi connectivity index (χ1n) is 2.98. The van der Waals surface area contributed by atoms with E-state index in [0.29, 0.717) is 0 Å². The molecular formula is C6H5CuN3S2. The molecule has 0 aliphatic carbocycles. The fraction of sp³-hybridized carbons (Fsp3) is 0. The van der Waals surface area contributed by atoms with Crippen LogP contribution in [0.25, 0.3) is 11.3 Å². The first kappa shape index (κ1) is 9.67. The maximum atomic E-state index is 5.56. The molecule has 67 valence electrons.